The van der Waals surface area contributed by atoms with Gasteiger partial charge in [-0.25, -0.2) is 0 Å². The average Bonchev–Trinajstić information content (AvgIpc) is 3.02. The Labute approximate surface area is 111 Å². The molecule has 18 heavy (non-hydrogen) atoms. The molecule has 1 nitrogen and oxygen atoms in total. The summed E-state index contributed by atoms with van der Waals surface area (Å²) >= 11 is 0. The molecule has 2 aliphatic rings. The summed E-state index contributed by atoms with van der Waals surface area (Å²) in [5.41, 5.74) is 1.49. The Bertz CT molecular complexity index is 362. The molecule has 0 bridgehead atoms. The van der Waals surface area contributed by atoms with Crippen LogP contribution in [-0.2, 0) is 6.42 Å². The topological polar surface area (TPSA) is 12.0 Å². The van der Waals surface area contributed by atoms with Crippen LogP contribution in [-0.4, -0.2) is 12.6 Å². The summed E-state index contributed by atoms with van der Waals surface area (Å²) in [5.74, 6) is 3.12. The number of fused-ring (bicyclic) bond motifs is 1. The molecule has 1 aromatic carbocycles. The number of hydrogen-bond donors (Lipinski definition) is 1. The molecule has 2 saturated carbocycles. The van der Waals surface area contributed by atoms with Gasteiger partial charge in [0.2, 0.25) is 0 Å². The molecular weight excluding hydrogens is 218 g/mol. The fourth-order valence-corrected chi connectivity index (χ4v) is 3.69. The van der Waals surface area contributed by atoms with Crippen LogP contribution in [0.4, 0.5) is 0 Å². The number of nitrogens with one attached hydrogen (secondary N) is 1. The second-order valence-corrected chi connectivity index (χ2v) is 6.24. The van der Waals surface area contributed by atoms with E-state index >= 15 is 0 Å². The van der Waals surface area contributed by atoms with Gasteiger partial charge in [0.15, 0.2) is 0 Å². The Morgan fingerprint density at radius 3 is 2.50 bits per heavy atom. The fraction of sp³-hybridized carbons (Fsp3) is 0.647. The minimum atomic E-state index is 0.708. The van der Waals surface area contributed by atoms with Gasteiger partial charge in [0.05, 0.1) is 0 Å². The first kappa shape index (κ1) is 12.2. The van der Waals surface area contributed by atoms with Gasteiger partial charge in [0.1, 0.15) is 0 Å². The molecule has 3 rings (SSSR count). The Balaban J connectivity index is 1.61. The lowest BCUT2D eigenvalue weighted by Crippen LogP contribution is -2.38. The first-order valence-electron chi connectivity index (χ1n) is 7.64. The summed E-state index contributed by atoms with van der Waals surface area (Å²) in [6.07, 6.45) is 6.95. The number of hydrogen-bond acceptors (Lipinski definition) is 1. The monoisotopic (exact) mass is 243 g/mol. The molecule has 0 aliphatic heterocycles. The standard InChI is InChI=1S/C17H25N/c1-2-8-18-17(9-13-6-4-3-5-7-13)16-11-14-10-15(14)12-16/h3-7,14-18H,2,8-12H2,1H3. The minimum absolute atomic E-state index is 0.708. The molecule has 2 fully saturated rings. The summed E-state index contributed by atoms with van der Waals surface area (Å²) < 4.78 is 0. The third-order valence-electron chi connectivity index (χ3n) is 4.80. The second kappa shape index (κ2) is 5.44. The summed E-state index contributed by atoms with van der Waals surface area (Å²) in [6, 6.07) is 11.7. The van der Waals surface area contributed by atoms with Crippen LogP contribution in [0.15, 0.2) is 30.3 Å². The third kappa shape index (κ3) is 2.77. The van der Waals surface area contributed by atoms with Crippen molar-refractivity contribution in [2.45, 2.75) is 45.1 Å². The van der Waals surface area contributed by atoms with Crippen LogP contribution in [0, 0.1) is 17.8 Å². The van der Waals surface area contributed by atoms with E-state index in [0.29, 0.717) is 6.04 Å². The molecule has 1 N–H and O–H groups in total. The highest BCUT2D eigenvalue weighted by molar-refractivity contribution is 5.16. The van der Waals surface area contributed by atoms with Crippen LogP contribution in [0.3, 0.4) is 0 Å². The molecule has 2 aliphatic carbocycles. The molecule has 98 valence electrons. The molecule has 0 radical (unpaired) electrons. The molecule has 0 heterocycles. The van der Waals surface area contributed by atoms with Gasteiger partial charge in [-0.3, -0.25) is 0 Å². The van der Waals surface area contributed by atoms with Crippen molar-refractivity contribution in [3.8, 4) is 0 Å². The van der Waals surface area contributed by atoms with Crippen molar-refractivity contribution < 1.29 is 0 Å². The van der Waals surface area contributed by atoms with E-state index < -0.39 is 0 Å². The Hall–Kier alpha value is -0.820. The third-order valence-corrected chi connectivity index (χ3v) is 4.80. The lowest BCUT2D eigenvalue weighted by Gasteiger charge is -2.26. The summed E-state index contributed by atoms with van der Waals surface area (Å²) in [6.45, 7) is 3.43. The number of rotatable bonds is 6. The Morgan fingerprint density at radius 2 is 1.83 bits per heavy atom. The first-order valence-corrected chi connectivity index (χ1v) is 7.64. The maximum Gasteiger partial charge on any atom is 0.0136 e. The molecule has 0 amide bonds. The quantitative estimate of drug-likeness (QED) is 0.804. The van der Waals surface area contributed by atoms with Crippen LogP contribution in [0.25, 0.3) is 0 Å². The van der Waals surface area contributed by atoms with Gasteiger partial charge in [-0.15, -0.1) is 0 Å². The van der Waals surface area contributed by atoms with Crippen molar-refractivity contribution >= 4 is 0 Å². The zero-order valence-electron chi connectivity index (χ0n) is 11.4. The molecule has 0 aromatic heterocycles. The lowest BCUT2D eigenvalue weighted by atomic mass is 9.89. The van der Waals surface area contributed by atoms with Crippen LogP contribution < -0.4 is 5.32 Å². The molecule has 1 aromatic rings. The Kier molecular flexibility index (Phi) is 3.69. The highest BCUT2D eigenvalue weighted by Crippen LogP contribution is 2.55. The maximum absolute atomic E-state index is 3.80. The zero-order chi connectivity index (χ0) is 12.4. The van der Waals surface area contributed by atoms with Gasteiger partial charge >= 0.3 is 0 Å². The molecule has 1 heteroatoms. The van der Waals surface area contributed by atoms with E-state index in [1.165, 1.54) is 44.2 Å². The van der Waals surface area contributed by atoms with Crippen LogP contribution in [0.5, 0.6) is 0 Å². The van der Waals surface area contributed by atoms with Gasteiger partial charge in [-0.1, -0.05) is 37.3 Å². The van der Waals surface area contributed by atoms with Gasteiger partial charge < -0.3 is 5.32 Å². The molecular formula is C17H25N. The Morgan fingerprint density at radius 1 is 1.11 bits per heavy atom. The molecule has 0 spiro atoms. The van der Waals surface area contributed by atoms with Crippen molar-refractivity contribution in [1.29, 1.82) is 0 Å². The highest BCUT2D eigenvalue weighted by atomic mass is 14.9. The van der Waals surface area contributed by atoms with E-state index in [2.05, 4.69) is 42.6 Å². The van der Waals surface area contributed by atoms with E-state index in [1.54, 1.807) is 0 Å². The largest absolute Gasteiger partial charge is 0.313 e. The van der Waals surface area contributed by atoms with E-state index in [0.717, 1.165) is 17.8 Å². The van der Waals surface area contributed by atoms with Gasteiger partial charge in [0, 0.05) is 6.04 Å². The predicted molar refractivity (Wildman–Crippen MR) is 76.5 cm³/mol. The summed E-state index contributed by atoms with van der Waals surface area (Å²) in [7, 11) is 0. The van der Waals surface area contributed by atoms with E-state index in [-0.39, 0.29) is 0 Å². The van der Waals surface area contributed by atoms with Crippen molar-refractivity contribution in [2.24, 2.45) is 17.8 Å². The second-order valence-electron chi connectivity index (χ2n) is 6.24. The van der Waals surface area contributed by atoms with Crippen LogP contribution in [0.2, 0.25) is 0 Å². The van der Waals surface area contributed by atoms with Crippen molar-refractivity contribution in [2.75, 3.05) is 6.54 Å². The van der Waals surface area contributed by atoms with Gasteiger partial charge in [-0.05, 0) is 62.0 Å². The predicted octanol–water partition coefficient (Wildman–Crippen LogP) is 3.64. The molecule has 3 atom stereocenters. The molecule has 0 saturated heterocycles. The smallest absolute Gasteiger partial charge is 0.0136 e. The van der Waals surface area contributed by atoms with Gasteiger partial charge in [-0.2, -0.15) is 0 Å². The van der Waals surface area contributed by atoms with Crippen molar-refractivity contribution in [3.63, 3.8) is 0 Å². The normalized spacial score (nSPS) is 31.1. The van der Waals surface area contributed by atoms with Crippen LogP contribution >= 0.6 is 0 Å². The van der Waals surface area contributed by atoms with Crippen molar-refractivity contribution in [3.05, 3.63) is 35.9 Å². The highest BCUT2D eigenvalue weighted by Gasteiger charge is 2.47. The summed E-state index contributed by atoms with van der Waals surface area (Å²) in [4.78, 5) is 0. The van der Waals surface area contributed by atoms with Crippen LogP contribution in [0.1, 0.15) is 38.2 Å². The summed E-state index contributed by atoms with van der Waals surface area (Å²) in [5, 5.41) is 3.80. The van der Waals surface area contributed by atoms with E-state index in [9.17, 15) is 0 Å². The lowest BCUT2D eigenvalue weighted by molar-refractivity contribution is 0.332. The van der Waals surface area contributed by atoms with E-state index in [4.69, 9.17) is 0 Å². The zero-order valence-corrected chi connectivity index (χ0v) is 11.4. The fourth-order valence-electron chi connectivity index (χ4n) is 3.69. The first-order chi connectivity index (χ1) is 8.86. The number of benzene rings is 1. The SMILES string of the molecule is CCCNC(Cc1ccccc1)C1CC2CC2C1. The van der Waals surface area contributed by atoms with Gasteiger partial charge in [0.25, 0.3) is 0 Å². The van der Waals surface area contributed by atoms with Crippen molar-refractivity contribution in [1.82, 2.24) is 5.32 Å². The van der Waals surface area contributed by atoms with E-state index in [1.807, 2.05) is 0 Å². The minimum Gasteiger partial charge on any atom is -0.313 e. The maximum atomic E-state index is 3.80. The average molecular weight is 243 g/mol. The molecule has 3 unspecified atom stereocenters.